The molecular formula is C32H39N7O7. The lowest BCUT2D eigenvalue weighted by Crippen LogP contribution is -2.58. The zero-order valence-corrected chi connectivity index (χ0v) is 26.4. The van der Waals surface area contributed by atoms with Gasteiger partial charge in [0.2, 0.25) is 17.7 Å². The van der Waals surface area contributed by atoms with Crippen molar-refractivity contribution in [1.29, 1.82) is 0 Å². The number of fused-ring (bicyclic) bond motifs is 2. The van der Waals surface area contributed by atoms with Gasteiger partial charge < -0.3 is 35.8 Å². The Labute approximate surface area is 266 Å². The van der Waals surface area contributed by atoms with E-state index in [4.69, 9.17) is 4.52 Å². The first-order chi connectivity index (χ1) is 21.9. The first-order valence-electron chi connectivity index (χ1n) is 15.0. The van der Waals surface area contributed by atoms with E-state index in [1.807, 2.05) is 30.3 Å². The number of aryl methyl sites for hydroxylation is 1. The molecule has 2 aromatic heterocycles. The average Bonchev–Trinajstić information content (AvgIpc) is 3.49. The Balaban J connectivity index is 1.72. The predicted molar refractivity (Wildman–Crippen MR) is 166 cm³/mol. The number of nitrogens with one attached hydrogen (secondary N) is 4. The highest BCUT2D eigenvalue weighted by Crippen LogP contribution is 2.27. The van der Waals surface area contributed by atoms with Crippen molar-refractivity contribution in [3.63, 3.8) is 0 Å². The topological polar surface area (TPSA) is 196 Å². The number of hydrogen-bond acceptors (Lipinski definition) is 9. The van der Waals surface area contributed by atoms with Crippen LogP contribution in [-0.2, 0) is 20.9 Å². The molecule has 0 saturated carbocycles. The highest BCUT2D eigenvalue weighted by molar-refractivity contribution is 6.02. The molecule has 3 aromatic rings. The number of nitrogens with zero attached hydrogens (tertiary/aromatic N) is 3. The maximum Gasteiger partial charge on any atom is 0.274 e. The van der Waals surface area contributed by atoms with Crippen LogP contribution in [0, 0.1) is 12.8 Å². The molecule has 5 N–H and O–H groups in total. The Morgan fingerprint density at radius 1 is 0.978 bits per heavy atom. The number of pyridine rings is 1. The number of aliphatic hydroxyl groups excluding tert-OH is 1. The van der Waals surface area contributed by atoms with Gasteiger partial charge in [0.1, 0.15) is 18.1 Å². The second-order valence-electron chi connectivity index (χ2n) is 11.5. The molecule has 1 aliphatic heterocycles. The Morgan fingerprint density at radius 3 is 2.37 bits per heavy atom. The van der Waals surface area contributed by atoms with Crippen molar-refractivity contribution in [2.75, 3.05) is 13.1 Å². The lowest BCUT2D eigenvalue weighted by atomic mass is 9.98. The van der Waals surface area contributed by atoms with E-state index in [0.717, 1.165) is 5.56 Å². The molecule has 4 rings (SSSR count). The van der Waals surface area contributed by atoms with Gasteiger partial charge in [-0.1, -0.05) is 49.3 Å². The fourth-order valence-electron chi connectivity index (χ4n) is 5.01. The van der Waals surface area contributed by atoms with Crippen LogP contribution in [0.1, 0.15) is 60.0 Å². The third-order valence-corrected chi connectivity index (χ3v) is 7.60. The highest BCUT2D eigenvalue weighted by Gasteiger charge is 2.32. The summed E-state index contributed by atoms with van der Waals surface area (Å²) < 4.78 is 5.41. The molecule has 0 saturated heterocycles. The normalized spacial score (nSPS) is 20.9. The molecule has 1 aromatic carbocycles. The molecule has 1 aliphatic rings. The van der Waals surface area contributed by atoms with Gasteiger partial charge >= 0.3 is 0 Å². The SMILES string of the molecule is Cc1nccc(-c2ccccc2)c1C(=O)N1CCNC(=O)[C@H](C(C)C)NC(=O)[C@H](C)NC(=O)[C@H]([C@@H](C)O)NC(=O)c2cc(on2)C1. The Bertz CT molecular complexity index is 1590. The van der Waals surface area contributed by atoms with Crippen molar-refractivity contribution >= 4 is 29.5 Å². The van der Waals surface area contributed by atoms with Gasteiger partial charge in [-0.05, 0) is 43.9 Å². The summed E-state index contributed by atoms with van der Waals surface area (Å²) in [6.07, 6.45) is 0.289. The lowest BCUT2D eigenvalue weighted by Gasteiger charge is -2.27. The van der Waals surface area contributed by atoms with E-state index in [1.165, 1.54) is 24.8 Å². The monoisotopic (exact) mass is 633 g/mol. The smallest absolute Gasteiger partial charge is 0.274 e. The van der Waals surface area contributed by atoms with Crippen LogP contribution in [0.5, 0.6) is 0 Å². The van der Waals surface area contributed by atoms with Gasteiger partial charge in [-0.15, -0.1) is 0 Å². The standard InChI is InChI=1S/C32H39N7O7/c1-17(2)26-30(43)34-13-14-39(32(45)25-18(3)33-12-11-23(25)21-9-7-6-8-10-21)16-22-15-24(38-46-22)29(42)37-27(20(5)40)31(44)35-19(4)28(41)36-26/h6-12,15,17,19-20,26-27,40H,13-14,16H2,1-5H3,(H,34,43)(H,35,44)(H,36,41)(H,37,42)/t19-,20+,26-,27-/m0/s1. The average molecular weight is 634 g/mol. The van der Waals surface area contributed by atoms with E-state index in [1.54, 1.807) is 33.0 Å². The molecule has 0 unspecified atom stereocenters. The molecule has 14 nitrogen and oxygen atoms in total. The Morgan fingerprint density at radius 2 is 1.70 bits per heavy atom. The molecule has 244 valence electrons. The first kappa shape index (κ1) is 33.8. The molecule has 14 heteroatoms. The molecule has 0 fully saturated rings. The predicted octanol–water partition coefficient (Wildman–Crippen LogP) is 0.942. The molecular weight excluding hydrogens is 594 g/mol. The van der Waals surface area contributed by atoms with Crippen LogP contribution in [0.4, 0.5) is 0 Å². The van der Waals surface area contributed by atoms with E-state index < -0.39 is 53.8 Å². The van der Waals surface area contributed by atoms with E-state index >= 15 is 0 Å². The second kappa shape index (κ2) is 14.8. The van der Waals surface area contributed by atoms with E-state index in [9.17, 15) is 29.1 Å². The minimum absolute atomic E-state index is 0.0213. The first-order valence-corrected chi connectivity index (χ1v) is 15.0. The Hall–Kier alpha value is -5.11. The summed E-state index contributed by atoms with van der Waals surface area (Å²) in [5.41, 5.74) is 2.13. The zero-order chi connectivity index (χ0) is 33.5. The number of rotatable bonds is 4. The molecule has 5 amide bonds. The van der Waals surface area contributed by atoms with Gasteiger partial charge in [-0.2, -0.15) is 0 Å². The minimum Gasteiger partial charge on any atom is -0.391 e. The van der Waals surface area contributed by atoms with Gasteiger partial charge in [0, 0.05) is 25.4 Å². The summed E-state index contributed by atoms with van der Waals surface area (Å²) in [7, 11) is 0. The number of carbonyl (C=O) groups is 5. The van der Waals surface area contributed by atoms with Crippen LogP contribution in [-0.4, -0.2) is 87.0 Å². The number of aliphatic hydroxyl groups is 1. The maximum atomic E-state index is 14.2. The van der Waals surface area contributed by atoms with Crippen molar-refractivity contribution in [2.24, 2.45) is 5.92 Å². The van der Waals surface area contributed by atoms with Crippen LogP contribution < -0.4 is 21.3 Å². The quantitative estimate of drug-likeness (QED) is 0.278. The van der Waals surface area contributed by atoms with Crippen molar-refractivity contribution in [2.45, 2.75) is 65.4 Å². The fraction of sp³-hybridized carbons (Fsp3) is 0.406. The number of amides is 5. The summed E-state index contributed by atoms with van der Waals surface area (Å²) in [6, 6.07) is 8.95. The van der Waals surface area contributed by atoms with Gasteiger partial charge in [0.15, 0.2) is 11.5 Å². The molecule has 0 radical (unpaired) electrons. The van der Waals surface area contributed by atoms with Crippen molar-refractivity contribution in [3.05, 3.63) is 71.4 Å². The van der Waals surface area contributed by atoms with Crippen molar-refractivity contribution in [3.8, 4) is 11.1 Å². The summed E-state index contributed by atoms with van der Waals surface area (Å²) >= 11 is 0. The largest absolute Gasteiger partial charge is 0.391 e. The number of hydrogen-bond donors (Lipinski definition) is 5. The number of aromatic nitrogens is 2. The van der Waals surface area contributed by atoms with Crippen LogP contribution in [0.25, 0.3) is 11.1 Å². The summed E-state index contributed by atoms with van der Waals surface area (Å²) in [5, 5.41) is 24.4. The Kier molecular flexibility index (Phi) is 10.9. The molecule has 4 atom stereocenters. The zero-order valence-electron chi connectivity index (χ0n) is 26.4. The third-order valence-electron chi connectivity index (χ3n) is 7.60. The van der Waals surface area contributed by atoms with Crippen LogP contribution in [0.15, 0.2) is 53.2 Å². The summed E-state index contributed by atoms with van der Waals surface area (Å²) in [6.45, 7) is 7.89. The van der Waals surface area contributed by atoms with Gasteiger partial charge in [0.25, 0.3) is 11.8 Å². The van der Waals surface area contributed by atoms with E-state index in [0.29, 0.717) is 16.8 Å². The van der Waals surface area contributed by atoms with Crippen LogP contribution >= 0.6 is 0 Å². The van der Waals surface area contributed by atoms with Gasteiger partial charge in [0.05, 0.1) is 23.9 Å². The molecule has 3 heterocycles. The number of benzene rings is 1. The van der Waals surface area contributed by atoms with Gasteiger partial charge in [-0.3, -0.25) is 29.0 Å². The summed E-state index contributed by atoms with van der Waals surface area (Å²) in [5.74, 6) is -3.31. The molecule has 2 bridgehead atoms. The highest BCUT2D eigenvalue weighted by atomic mass is 16.5. The third kappa shape index (κ3) is 7.93. The lowest BCUT2D eigenvalue weighted by molar-refractivity contribution is -0.133. The maximum absolute atomic E-state index is 14.2. The molecule has 46 heavy (non-hydrogen) atoms. The van der Waals surface area contributed by atoms with Crippen LogP contribution in [0.2, 0.25) is 0 Å². The van der Waals surface area contributed by atoms with Crippen LogP contribution in [0.3, 0.4) is 0 Å². The second-order valence-corrected chi connectivity index (χ2v) is 11.5. The summed E-state index contributed by atoms with van der Waals surface area (Å²) in [4.78, 5) is 72.2. The minimum atomic E-state index is -1.44. The fourth-order valence-corrected chi connectivity index (χ4v) is 5.01. The van der Waals surface area contributed by atoms with Crippen molar-refractivity contribution in [1.82, 2.24) is 36.3 Å². The molecule has 0 spiro atoms. The molecule has 0 aliphatic carbocycles. The number of carbonyl (C=O) groups excluding carboxylic acids is 5. The van der Waals surface area contributed by atoms with E-state index in [-0.39, 0.29) is 37.0 Å². The van der Waals surface area contributed by atoms with E-state index in [2.05, 4.69) is 31.4 Å². The van der Waals surface area contributed by atoms with Crippen molar-refractivity contribution < 1.29 is 33.6 Å². The van der Waals surface area contributed by atoms with Gasteiger partial charge in [-0.25, -0.2) is 0 Å².